The molecule has 3 heterocycles. The van der Waals surface area contributed by atoms with Gasteiger partial charge in [-0.2, -0.15) is 5.10 Å². The Hall–Kier alpha value is -0.910. The molecule has 0 aliphatic carbocycles. The number of aromatic nitrogens is 2. The summed E-state index contributed by atoms with van der Waals surface area (Å²) in [7, 11) is 1.94. The normalized spacial score (nSPS) is 24.3. The first-order valence-corrected chi connectivity index (χ1v) is 8.43. The first kappa shape index (κ1) is 15.0. The fraction of sp³-hybridized carbons (Fsp3) is 0.812. The van der Waals surface area contributed by atoms with Crippen molar-refractivity contribution in [2.75, 3.05) is 32.7 Å². The quantitative estimate of drug-likeness (QED) is 0.910. The summed E-state index contributed by atoms with van der Waals surface area (Å²) in [5, 5.41) is 4.22. The Kier molecular flexibility index (Phi) is 4.93. The molecule has 0 saturated carbocycles. The fourth-order valence-electron chi connectivity index (χ4n) is 3.77. The van der Waals surface area contributed by atoms with Gasteiger partial charge >= 0.3 is 0 Å². The van der Waals surface area contributed by atoms with Crippen LogP contribution in [-0.2, 0) is 7.05 Å². The molecule has 0 spiro atoms. The first-order valence-electron chi connectivity index (χ1n) is 8.43. The van der Waals surface area contributed by atoms with Crippen LogP contribution in [-0.4, -0.2) is 58.3 Å². The summed E-state index contributed by atoms with van der Waals surface area (Å²) in [6.45, 7) is 5.97. The van der Waals surface area contributed by atoms with Crippen LogP contribution in [0.2, 0.25) is 0 Å². The highest BCUT2D eigenvalue weighted by atomic mass is 15.2. The van der Waals surface area contributed by atoms with E-state index < -0.39 is 0 Å². The predicted octanol–water partition coefficient (Wildman–Crippen LogP) is 1.37. The minimum Gasteiger partial charge on any atom is -0.323 e. The van der Waals surface area contributed by atoms with E-state index in [0.29, 0.717) is 0 Å². The van der Waals surface area contributed by atoms with Gasteiger partial charge in [-0.05, 0) is 51.9 Å². The second-order valence-electron chi connectivity index (χ2n) is 6.68. The Morgan fingerprint density at radius 1 is 1.19 bits per heavy atom. The molecule has 2 aliphatic heterocycles. The molecule has 0 aromatic carbocycles. The molecule has 0 amide bonds. The van der Waals surface area contributed by atoms with Crippen LogP contribution in [0, 0.1) is 0 Å². The summed E-state index contributed by atoms with van der Waals surface area (Å²) in [5.74, 6) is 0. The lowest BCUT2D eigenvalue weighted by Gasteiger charge is -2.40. The van der Waals surface area contributed by atoms with Gasteiger partial charge in [-0.1, -0.05) is 6.42 Å². The number of aryl methyl sites for hydroxylation is 1. The molecule has 2 aliphatic rings. The molecule has 1 aromatic heterocycles. The lowest BCUT2D eigenvalue weighted by molar-refractivity contribution is 0.0900. The molecule has 5 nitrogen and oxygen atoms in total. The van der Waals surface area contributed by atoms with Crippen LogP contribution < -0.4 is 5.73 Å². The van der Waals surface area contributed by atoms with Gasteiger partial charge in [-0.25, -0.2) is 0 Å². The van der Waals surface area contributed by atoms with Gasteiger partial charge in [-0.15, -0.1) is 0 Å². The molecule has 1 aromatic rings. The zero-order valence-corrected chi connectivity index (χ0v) is 13.2. The average Bonchev–Trinajstić information content (AvgIpc) is 2.96. The van der Waals surface area contributed by atoms with Crippen molar-refractivity contribution in [3.63, 3.8) is 0 Å². The van der Waals surface area contributed by atoms with E-state index in [4.69, 9.17) is 5.73 Å². The number of nitrogens with zero attached hydrogens (tertiary/aromatic N) is 4. The molecule has 3 rings (SSSR count). The second kappa shape index (κ2) is 6.90. The summed E-state index contributed by atoms with van der Waals surface area (Å²) in [4.78, 5) is 5.25. The molecule has 2 N–H and O–H groups in total. The highest BCUT2D eigenvalue weighted by molar-refractivity contribution is 5.10. The van der Waals surface area contributed by atoms with Crippen LogP contribution in [0.25, 0.3) is 0 Å². The van der Waals surface area contributed by atoms with Crippen molar-refractivity contribution in [2.45, 2.75) is 44.2 Å². The van der Waals surface area contributed by atoms with Gasteiger partial charge in [0.05, 0.1) is 6.20 Å². The van der Waals surface area contributed by atoms with E-state index in [1.54, 1.807) is 0 Å². The molecule has 118 valence electrons. The van der Waals surface area contributed by atoms with Crippen LogP contribution >= 0.6 is 0 Å². The molecular weight excluding hydrogens is 262 g/mol. The van der Waals surface area contributed by atoms with E-state index in [-0.39, 0.29) is 6.04 Å². The highest BCUT2D eigenvalue weighted by Gasteiger charge is 2.26. The van der Waals surface area contributed by atoms with Crippen LogP contribution in [0.3, 0.4) is 0 Å². The number of rotatable bonds is 4. The molecular formula is C16H29N5. The number of nitrogens with two attached hydrogens (primary N) is 1. The summed E-state index contributed by atoms with van der Waals surface area (Å²) in [6.07, 6.45) is 10.8. The first-order chi connectivity index (χ1) is 10.2. The molecule has 21 heavy (non-hydrogen) atoms. The zero-order valence-electron chi connectivity index (χ0n) is 13.2. The van der Waals surface area contributed by atoms with E-state index in [9.17, 15) is 0 Å². The summed E-state index contributed by atoms with van der Waals surface area (Å²) in [6, 6.07) is 0.904. The average molecular weight is 291 g/mol. The third-order valence-corrected chi connectivity index (χ3v) is 5.07. The Balaban J connectivity index is 1.45. The van der Waals surface area contributed by atoms with Gasteiger partial charge in [0.15, 0.2) is 0 Å². The molecule has 1 unspecified atom stereocenters. The minimum atomic E-state index is 0.0882. The van der Waals surface area contributed by atoms with Crippen LogP contribution in [0.1, 0.15) is 43.7 Å². The Bertz CT molecular complexity index is 430. The zero-order chi connectivity index (χ0) is 14.7. The van der Waals surface area contributed by atoms with Crippen molar-refractivity contribution < 1.29 is 0 Å². The lowest BCUT2D eigenvalue weighted by Crippen LogP contribution is -2.47. The van der Waals surface area contributed by atoms with Gasteiger partial charge in [0.2, 0.25) is 0 Å². The van der Waals surface area contributed by atoms with Gasteiger partial charge in [0, 0.05) is 37.4 Å². The molecule has 2 saturated heterocycles. The van der Waals surface area contributed by atoms with Crippen molar-refractivity contribution in [1.82, 2.24) is 19.6 Å². The van der Waals surface area contributed by atoms with Gasteiger partial charge in [-0.3, -0.25) is 4.68 Å². The molecule has 0 radical (unpaired) electrons. The van der Waals surface area contributed by atoms with Crippen molar-refractivity contribution in [3.05, 3.63) is 18.0 Å². The Morgan fingerprint density at radius 3 is 2.52 bits per heavy atom. The largest absolute Gasteiger partial charge is 0.323 e. The van der Waals surface area contributed by atoms with Crippen molar-refractivity contribution in [1.29, 1.82) is 0 Å². The standard InChI is InChI=1S/C16H29N5/c1-19-12-14(11-18-19)16(17)13-20-9-5-15(6-10-20)21-7-3-2-4-8-21/h11-12,15-16H,2-10,13,17H2,1H3. The van der Waals surface area contributed by atoms with Crippen LogP contribution in [0.5, 0.6) is 0 Å². The minimum absolute atomic E-state index is 0.0882. The third-order valence-electron chi connectivity index (χ3n) is 5.07. The predicted molar refractivity (Wildman–Crippen MR) is 85.0 cm³/mol. The number of likely N-dealkylation sites (tertiary alicyclic amines) is 2. The molecule has 1 atom stereocenters. The lowest BCUT2D eigenvalue weighted by atomic mass is 9.99. The summed E-state index contributed by atoms with van der Waals surface area (Å²) >= 11 is 0. The number of piperidine rings is 2. The van der Waals surface area contributed by atoms with E-state index >= 15 is 0 Å². The number of hydrogen-bond acceptors (Lipinski definition) is 4. The fourth-order valence-corrected chi connectivity index (χ4v) is 3.77. The van der Waals surface area contributed by atoms with Gasteiger partial charge in [0.1, 0.15) is 0 Å². The van der Waals surface area contributed by atoms with E-state index in [1.807, 2.05) is 24.1 Å². The van der Waals surface area contributed by atoms with Crippen molar-refractivity contribution in [2.24, 2.45) is 12.8 Å². The SMILES string of the molecule is Cn1cc(C(N)CN2CCC(N3CCCCC3)CC2)cn1. The number of hydrogen-bond donors (Lipinski definition) is 1. The highest BCUT2D eigenvalue weighted by Crippen LogP contribution is 2.22. The van der Waals surface area contributed by atoms with E-state index in [0.717, 1.165) is 18.2 Å². The monoisotopic (exact) mass is 291 g/mol. The summed E-state index contributed by atoms with van der Waals surface area (Å²) in [5.41, 5.74) is 7.46. The maximum absolute atomic E-state index is 6.31. The second-order valence-corrected chi connectivity index (χ2v) is 6.68. The summed E-state index contributed by atoms with van der Waals surface area (Å²) < 4.78 is 1.83. The Labute approximate surface area is 128 Å². The van der Waals surface area contributed by atoms with E-state index in [1.165, 1.54) is 58.3 Å². The maximum Gasteiger partial charge on any atom is 0.0537 e. The van der Waals surface area contributed by atoms with Crippen molar-refractivity contribution >= 4 is 0 Å². The molecule has 0 bridgehead atoms. The van der Waals surface area contributed by atoms with Gasteiger partial charge in [0.25, 0.3) is 0 Å². The maximum atomic E-state index is 6.31. The smallest absolute Gasteiger partial charge is 0.0537 e. The third kappa shape index (κ3) is 3.84. The molecule has 2 fully saturated rings. The van der Waals surface area contributed by atoms with Crippen LogP contribution in [0.4, 0.5) is 0 Å². The Morgan fingerprint density at radius 2 is 1.90 bits per heavy atom. The van der Waals surface area contributed by atoms with Gasteiger partial charge < -0.3 is 15.5 Å². The molecule has 5 heteroatoms. The van der Waals surface area contributed by atoms with Crippen molar-refractivity contribution in [3.8, 4) is 0 Å². The topological polar surface area (TPSA) is 50.3 Å². The van der Waals surface area contributed by atoms with E-state index in [2.05, 4.69) is 14.9 Å². The van der Waals surface area contributed by atoms with Crippen LogP contribution in [0.15, 0.2) is 12.4 Å².